The van der Waals surface area contributed by atoms with Gasteiger partial charge in [0.15, 0.2) is 0 Å². The summed E-state index contributed by atoms with van der Waals surface area (Å²) >= 11 is 6.05. The molecule has 2 aromatic rings. The summed E-state index contributed by atoms with van der Waals surface area (Å²) in [5, 5.41) is 34.3. The lowest BCUT2D eigenvalue weighted by atomic mass is 9.55. The van der Waals surface area contributed by atoms with Crippen LogP contribution in [0, 0.1) is 31.6 Å². The van der Waals surface area contributed by atoms with Gasteiger partial charge in [-0.15, -0.1) is 18.2 Å². The van der Waals surface area contributed by atoms with E-state index >= 15 is 0 Å². The minimum atomic E-state index is -1.49. The van der Waals surface area contributed by atoms with Crippen LogP contribution < -0.4 is 9.47 Å². The maximum absolute atomic E-state index is 14.3. The van der Waals surface area contributed by atoms with Crippen LogP contribution in [0.15, 0.2) is 65.9 Å². The molecule has 0 bridgehead atoms. The van der Waals surface area contributed by atoms with Crippen LogP contribution in [0.5, 0.6) is 17.2 Å². The van der Waals surface area contributed by atoms with E-state index in [0.717, 1.165) is 61.0 Å². The Kier molecular flexibility index (Phi) is 17.7. The molecule has 13 nitrogen and oxygen atoms in total. The minimum Gasteiger partial charge on any atom is -0.459 e. The van der Waals surface area contributed by atoms with Crippen molar-refractivity contribution in [3.8, 4) is 17.2 Å². The summed E-state index contributed by atoms with van der Waals surface area (Å²) in [6, 6.07) is 11.1. The van der Waals surface area contributed by atoms with Crippen LogP contribution in [-0.4, -0.2) is 115 Å². The number of amides is 1. The molecule has 2 heterocycles. The highest BCUT2D eigenvalue weighted by atomic mass is 35.5. The number of aryl methyl sites for hydroxylation is 2. The van der Waals surface area contributed by atoms with Gasteiger partial charge in [0.1, 0.15) is 29.9 Å². The monoisotopic (exact) mass is 868 g/mol. The van der Waals surface area contributed by atoms with E-state index in [-0.39, 0.29) is 82.8 Å². The number of oxime groups is 1. The zero-order valence-electron chi connectivity index (χ0n) is 35.8. The fraction of sp³-hybridized carbons (Fsp3) is 0.617. The number of nitrogens with zero attached hydrogens (tertiary/aromatic N) is 2. The van der Waals surface area contributed by atoms with E-state index in [1.165, 1.54) is 5.56 Å². The molecule has 0 radical (unpaired) electrons. The molecule has 3 N–H and O–H groups in total. The van der Waals surface area contributed by atoms with Gasteiger partial charge >= 0.3 is 6.09 Å². The number of allylic oxidation sites excluding steroid dienone is 1. The highest BCUT2D eigenvalue weighted by Crippen LogP contribution is 2.62. The van der Waals surface area contributed by atoms with Crippen LogP contribution in [0.1, 0.15) is 86.8 Å². The van der Waals surface area contributed by atoms with Crippen LogP contribution in [0.2, 0.25) is 0 Å². The van der Waals surface area contributed by atoms with Gasteiger partial charge in [-0.25, -0.2) is 4.79 Å². The maximum Gasteiger partial charge on any atom is 0.410 e. The van der Waals surface area contributed by atoms with Gasteiger partial charge in [0.05, 0.1) is 50.5 Å². The number of fused-ring (bicyclic) bond motifs is 2. The van der Waals surface area contributed by atoms with Crippen LogP contribution in [-0.2, 0) is 23.8 Å². The van der Waals surface area contributed by atoms with E-state index in [0.29, 0.717) is 43.1 Å². The van der Waals surface area contributed by atoms with Crippen LogP contribution in [0.4, 0.5) is 4.79 Å². The second-order valence-electron chi connectivity index (χ2n) is 16.4. The first-order valence-electron chi connectivity index (χ1n) is 22.1. The van der Waals surface area contributed by atoms with Gasteiger partial charge in [-0.2, -0.15) is 0 Å². The van der Waals surface area contributed by atoms with Crippen LogP contribution >= 0.6 is 11.6 Å². The number of aliphatic hydroxyl groups excluding tert-OH is 3. The fourth-order valence-corrected chi connectivity index (χ4v) is 9.53. The number of ether oxygens (including phenoxy) is 6. The van der Waals surface area contributed by atoms with Crippen molar-refractivity contribution in [2.45, 2.75) is 102 Å². The second-order valence-corrected chi connectivity index (χ2v) is 16.7. The number of rotatable bonds is 23. The molecule has 2 aromatic carbocycles. The number of carbonyl (C=O) groups is 1. The van der Waals surface area contributed by atoms with E-state index in [9.17, 15) is 20.1 Å². The maximum atomic E-state index is 14.3. The summed E-state index contributed by atoms with van der Waals surface area (Å²) in [7, 11) is 0. The van der Waals surface area contributed by atoms with Gasteiger partial charge in [-0.3, -0.25) is 4.90 Å². The van der Waals surface area contributed by atoms with Gasteiger partial charge in [-0.05, 0) is 111 Å². The summed E-state index contributed by atoms with van der Waals surface area (Å²) in [5.74, 6) is -0.112. The first-order valence-corrected chi connectivity index (χ1v) is 22.6. The van der Waals surface area contributed by atoms with Crippen molar-refractivity contribution in [3.63, 3.8) is 0 Å². The first-order chi connectivity index (χ1) is 29.8. The molecule has 0 spiro atoms. The van der Waals surface area contributed by atoms with Gasteiger partial charge in [0.2, 0.25) is 12.1 Å². The molecule has 1 amide bonds. The molecule has 7 atom stereocenters. The van der Waals surface area contributed by atoms with Crippen molar-refractivity contribution < 1.29 is 53.4 Å². The Balaban J connectivity index is 1.57. The molecule has 2 fully saturated rings. The Morgan fingerprint density at radius 2 is 1.77 bits per heavy atom. The fourth-order valence-electron chi connectivity index (χ4n) is 9.45. The Labute approximate surface area is 365 Å². The number of alkyl halides is 1. The third kappa shape index (κ3) is 11.3. The van der Waals surface area contributed by atoms with E-state index in [2.05, 4.69) is 32.6 Å². The third-order valence-electron chi connectivity index (χ3n) is 12.4. The molecule has 1 saturated heterocycles. The number of unbranched alkanes of at least 4 members (excludes halogenated alkanes) is 2. The van der Waals surface area contributed by atoms with Crippen molar-refractivity contribution >= 4 is 23.4 Å². The van der Waals surface area contributed by atoms with E-state index in [1.807, 2.05) is 30.3 Å². The minimum absolute atomic E-state index is 0.0165. The average Bonchev–Trinajstić information content (AvgIpc) is 3.27. The zero-order chi connectivity index (χ0) is 43.2. The predicted molar refractivity (Wildman–Crippen MR) is 232 cm³/mol. The predicted octanol–water partition coefficient (Wildman–Crippen LogP) is 7.94. The number of carbonyl (C=O) groups excluding carboxylic acids is 1. The molecule has 61 heavy (non-hydrogen) atoms. The van der Waals surface area contributed by atoms with Gasteiger partial charge in [0, 0.05) is 44.1 Å². The largest absolute Gasteiger partial charge is 0.459 e. The van der Waals surface area contributed by atoms with Crippen molar-refractivity contribution in [1.82, 2.24) is 4.90 Å². The molecule has 6 rings (SSSR count). The molecule has 336 valence electrons. The normalized spacial score (nSPS) is 26.1. The lowest BCUT2D eigenvalue weighted by Crippen LogP contribution is -2.70. The van der Waals surface area contributed by atoms with Crippen molar-refractivity contribution in [3.05, 3.63) is 77.4 Å². The van der Waals surface area contributed by atoms with E-state index in [4.69, 9.17) is 50.0 Å². The number of halogens is 1. The smallest absolute Gasteiger partial charge is 0.410 e. The van der Waals surface area contributed by atoms with Gasteiger partial charge in [0.25, 0.3) is 0 Å². The molecule has 0 aromatic heterocycles. The van der Waals surface area contributed by atoms with Crippen molar-refractivity contribution in [2.75, 3.05) is 65.3 Å². The molecule has 2 aliphatic carbocycles. The van der Waals surface area contributed by atoms with Crippen LogP contribution in [0.25, 0.3) is 0 Å². The quantitative estimate of drug-likeness (QED) is 0.0431. The Morgan fingerprint density at radius 3 is 2.49 bits per heavy atom. The Bertz CT molecular complexity index is 1800. The average molecular weight is 869 g/mol. The lowest BCUT2D eigenvalue weighted by Gasteiger charge is -2.59. The third-order valence-corrected chi connectivity index (χ3v) is 12.6. The van der Waals surface area contributed by atoms with Crippen LogP contribution in [0.3, 0.4) is 0 Å². The van der Waals surface area contributed by atoms with Crippen molar-refractivity contribution in [1.29, 1.82) is 0 Å². The highest BCUT2D eigenvalue weighted by molar-refractivity contribution is 6.18. The Morgan fingerprint density at radius 1 is 0.984 bits per heavy atom. The first kappa shape index (κ1) is 46.8. The molecule has 2 aliphatic heterocycles. The number of benzene rings is 2. The number of aliphatic hydroxyl groups is 3. The van der Waals surface area contributed by atoms with E-state index < -0.39 is 30.1 Å². The SMILES string of the molecule is C=CCOC12Oc3ccc(Oc4ccc(C)c(C)c4)cc3C3C(CCCCO)C(CCCCO)C=C(C(=NOC4CCCCO4)CC1N(CCOCCO)C(=O)OCCCl)C32. The van der Waals surface area contributed by atoms with Crippen molar-refractivity contribution in [2.24, 2.45) is 22.9 Å². The summed E-state index contributed by atoms with van der Waals surface area (Å²) in [4.78, 5) is 22.1. The molecule has 4 aliphatic rings. The van der Waals surface area contributed by atoms with E-state index in [1.54, 1.807) is 11.0 Å². The number of hydrogen-bond donors (Lipinski definition) is 3. The molecular weight excluding hydrogens is 804 g/mol. The lowest BCUT2D eigenvalue weighted by molar-refractivity contribution is -0.256. The standard InChI is InChI=1S/C47H65ClN2O11/c1-4-23-58-47-42(50(19-26-55-27-22-53)46(54)57-25-18-48)31-40(49-61-43-13-7-10-24-56-43)38-29-34(11-5-8-20-51)37(12-6-9-21-52)44(45(38)47)39-30-36(16-17-41(39)60-47)59-35-15-14-32(2)33(3)28-35/h4,14-17,28-30,34,37,42-45,51-53H,1,5-13,18-27,31H2,2-3H3. The molecular formula is C47H65ClN2O11. The summed E-state index contributed by atoms with van der Waals surface area (Å²) in [6.45, 7) is 9.10. The number of hydrogen-bond acceptors (Lipinski definition) is 12. The summed E-state index contributed by atoms with van der Waals surface area (Å²) in [5.41, 5.74) is 4.79. The highest BCUT2D eigenvalue weighted by Gasteiger charge is 2.65. The molecule has 1 saturated carbocycles. The zero-order valence-corrected chi connectivity index (χ0v) is 36.6. The topological polar surface area (TPSA) is 158 Å². The Hall–Kier alpha value is -3.69. The van der Waals surface area contributed by atoms with Gasteiger partial charge in [-0.1, -0.05) is 36.2 Å². The molecule has 14 heteroatoms. The summed E-state index contributed by atoms with van der Waals surface area (Å²) in [6.07, 6.45) is 10.1. The second kappa shape index (κ2) is 23.1. The molecule has 7 unspecified atom stereocenters. The van der Waals surface area contributed by atoms with Gasteiger partial charge < -0.3 is 48.6 Å². The summed E-state index contributed by atoms with van der Waals surface area (Å²) < 4.78 is 38.4.